The number of hydrogen-bond donors (Lipinski definition) is 0. The number of ether oxygens (including phenoxy) is 2. The number of hydrogen-bond acceptors (Lipinski definition) is 8. The summed E-state index contributed by atoms with van der Waals surface area (Å²) in [4.78, 5) is 26.2. The van der Waals surface area contributed by atoms with Crippen molar-refractivity contribution in [3.63, 3.8) is 0 Å². The van der Waals surface area contributed by atoms with Crippen molar-refractivity contribution in [2.75, 3.05) is 71.5 Å². The smallest absolute Gasteiger partial charge is 0.326 e. The third-order valence-electron chi connectivity index (χ3n) is 9.98. The van der Waals surface area contributed by atoms with Crippen molar-refractivity contribution < 1.29 is 27.2 Å². The van der Waals surface area contributed by atoms with E-state index in [1.807, 2.05) is 36.1 Å². The van der Waals surface area contributed by atoms with E-state index in [1.54, 1.807) is 47.6 Å². The van der Waals surface area contributed by atoms with Gasteiger partial charge < -0.3 is 18.9 Å². The van der Waals surface area contributed by atoms with Gasteiger partial charge in [-0.15, -0.1) is 0 Å². The molecule has 11 nitrogen and oxygen atoms in total. The summed E-state index contributed by atoms with van der Waals surface area (Å²) in [5.41, 5.74) is 2.01. The molecule has 53 heavy (non-hydrogen) atoms. The van der Waals surface area contributed by atoms with Crippen LogP contribution in [0, 0.1) is 0 Å². The summed E-state index contributed by atoms with van der Waals surface area (Å²) in [7, 11) is -2.54. The molecule has 0 N–H and O–H groups in total. The summed E-state index contributed by atoms with van der Waals surface area (Å²) >= 11 is 11.8. The number of aliphatic imine (C=N–C) groups is 1. The first-order chi connectivity index (χ1) is 25.5. The van der Waals surface area contributed by atoms with E-state index in [-0.39, 0.29) is 23.3 Å². The lowest BCUT2D eigenvalue weighted by Gasteiger charge is -2.39. The fraction of sp³-hybridized carbons (Fsp3) is 0.474. The molecule has 6 rings (SSSR count). The second-order valence-electron chi connectivity index (χ2n) is 13.5. The molecule has 0 spiro atoms. The number of carbonyl (C=O) groups excluding carboxylic acids is 1. The van der Waals surface area contributed by atoms with Crippen molar-refractivity contribution in [1.82, 2.24) is 19.0 Å². The first-order valence-corrected chi connectivity index (χ1v) is 22.0. The highest BCUT2D eigenvalue weighted by atomic mass is 35.5. The van der Waals surface area contributed by atoms with Crippen molar-refractivity contribution in [3.8, 4) is 11.5 Å². The van der Waals surface area contributed by atoms with E-state index in [2.05, 4.69) is 4.90 Å². The summed E-state index contributed by atoms with van der Waals surface area (Å²) in [6.07, 6.45) is 5.06. The number of carbonyl (C=O) groups is 1. The fourth-order valence-corrected chi connectivity index (χ4v) is 9.73. The third-order valence-corrected chi connectivity index (χ3v) is 13.3. The van der Waals surface area contributed by atoms with Gasteiger partial charge in [0.1, 0.15) is 34.0 Å². The van der Waals surface area contributed by atoms with Crippen molar-refractivity contribution in [1.29, 1.82) is 0 Å². The number of sulfonamides is 1. The molecule has 15 heteroatoms. The Morgan fingerprint density at radius 3 is 2.11 bits per heavy atom. The van der Waals surface area contributed by atoms with Crippen LogP contribution in [0.3, 0.4) is 0 Å². The average molecular weight is 805 g/mol. The van der Waals surface area contributed by atoms with Gasteiger partial charge in [-0.2, -0.15) is 4.31 Å². The first kappa shape index (κ1) is 39.6. The number of piperidine rings is 1. The monoisotopic (exact) mass is 803 g/mol. The Balaban J connectivity index is 1.49. The number of nitrogens with zero attached hydrogens (tertiary/aromatic N) is 5. The highest BCUT2D eigenvalue weighted by molar-refractivity contribution is 7.90. The number of amides is 2. The summed E-state index contributed by atoms with van der Waals surface area (Å²) in [6.45, 7) is 6.06. The lowest BCUT2D eigenvalue weighted by molar-refractivity contribution is 0.119. The van der Waals surface area contributed by atoms with Gasteiger partial charge in [0.2, 0.25) is 10.0 Å². The van der Waals surface area contributed by atoms with E-state index >= 15 is 4.79 Å². The molecule has 3 aliphatic heterocycles. The molecule has 0 bridgehead atoms. The zero-order valence-corrected chi connectivity index (χ0v) is 33.5. The highest BCUT2D eigenvalue weighted by Gasteiger charge is 2.45. The fourth-order valence-electron chi connectivity index (χ4n) is 7.26. The van der Waals surface area contributed by atoms with E-state index in [0.29, 0.717) is 72.2 Å². The Kier molecular flexibility index (Phi) is 13.2. The minimum atomic E-state index is -3.98. The van der Waals surface area contributed by atoms with Crippen LogP contribution in [0.15, 0.2) is 70.6 Å². The summed E-state index contributed by atoms with van der Waals surface area (Å²) in [5.74, 6) is 1.44. The maximum atomic E-state index is 15.1. The predicted octanol–water partition coefficient (Wildman–Crippen LogP) is 6.63. The largest absolute Gasteiger partial charge is 0.617 e. The highest BCUT2D eigenvalue weighted by Crippen LogP contribution is 2.47. The van der Waals surface area contributed by atoms with Crippen LogP contribution in [-0.4, -0.2) is 115 Å². The number of piperazine rings is 1. The van der Waals surface area contributed by atoms with Crippen molar-refractivity contribution in [3.05, 3.63) is 87.4 Å². The van der Waals surface area contributed by atoms with E-state index < -0.39 is 33.3 Å². The number of halogens is 2. The van der Waals surface area contributed by atoms with Crippen LogP contribution in [0.2, 0.25) is 10.0 Å². The minimum Gasteiger partial charge on any atom is -0.617 e. The second-order valence-corrected chi connectivity index (χ2v) is 17.8. The Morgan fingerprint density at radius 1 is 0.906 bits per heavy atom. The van der Waals surface area contributed by atoms with Gasteiger partial charge in [0.05, 0.1) is 31.6 Å². The SMILES string of the molecule is CCOc1cc(OC)c(S(=O)(=O)N2CCCCC2)cc1C1=N[C@@H](c2ccc(Cl)cc2)[C@@H](c2ccc(Cl)cc2)N1C(=O)N1CCN(CCC[S+](C)[O-])CC1. The Labute approximate surface area is 326 Å². The van der Waals surface area contributed by atoms with Crippen LogP contribution in [0.4, 0.5) is 4.79 Å². The molecular weight excluding hydrogens is 757 g/mol. The van der Waals surface area contributed by atoms with Gasteiger partial charge in [-0.05, 0) is 61.2 Å². The predicted molar refractivity (Wildman–Crippen MR) is 210 cm³/mol. The van der Waals surface area contributed by atoms with Crippen molar-refractivity contribution in [2.45, 2.75) is 49.6 Å². The molecule has 3 aliphatic rings. The molecule has 3 heterocycles. The van der Waals surface area contributed by atoms with Gasteiger partial charge in [0, 0.05) is 68.3 Å². The molecular formula is C38H47Cl2N5O6S2. The molecule has 0 radical (unpaired) electrons. The standard InChI is InChI=1S/C38H47Cl2N5O6S2/c1-4-51-32-26-33(50-2)34(53(48,49)44-18-6-5-7-19-44)25-31(32)37-41-35(27-9-13-29(39)14-10-27)36(28-11-15-30(40)16-12-28)45(37)38(46)43-22-20-42(21-23-43)17-8-24-52(3)47/h9-16,25-26,35-36H,4-8,17-24H2,1-3H3/t35-,36+,52?/m0/s1. The van der Waals surface area contributed by atoms with Gasteiger partial charge in [-0.1, -0.05) is 65.1 Å². The van der Waals surface area contributed by atoms with E-state index in [4.69, 9.17) is 37.7 Å². The number of benzene rings is 3. The Morgan fingerprint density at radius 2 is 1.53 bits per heavy atom. The molecule has 286 valence electrons. The first-order valence-electron chi connectivity index (χ1n) is 18.1. The van der Waals surface area contributed by atoms with Crippen LogP contribution in [0.5, 0.6) is 11.5 Å². The molecule has 2 amide bonds. The summed E-state index contributed by atoms with van der Waals surface area (Å²) in [5, 5.41) is 1.12. The Bertz CT molecular complexity index is 1870. The molecule has 0 aromatic heterocycles. The van der Waals surface area contributed by atoms with Gasteiger partial charge in [-0.3, -0.25) is 14.8 Å². The number of rotatable bonds is 12. The van der Waals surface area contributed by atoms with Crippen molar-refractivity contribution in [2.24, 2.45) is 4.99 Å². The summed E-state index contributed by atoms with van der Waals surface area (Å²) < 4.78 is 53.6. The molecule has 3 aromatic carbocycles. The molecule has 1 unspecified atom stereocenters. The van der Waals surface area contributed by atoms with Crippen molar-refractivity contribution >= 4 is 56.3 Å². The van der Waals surface area contributed by atoms with Crippen LogP contribution in [0.25, 0.3) is 0 Å². The number of urea groups is 1. The van der Waals surface area contributed by atoms with Crippen LogP contribution >= 0.6 is 23.2 Å². The van der Waals surface area contributed by atoms with E-state index in [0.717, 1.165) is 43.4 Å². The maximum Gasteiger partial charge on any atom is 0.326 e. The topological polar surface area (TPSA) is 118 Å². The van der Waals surface area contributed by atoms with Crippen LogP contribution in [-0.2, 0) is 21.2 Å². The third kappa shape index (κ3) is 8.93. The molecule has 0 aliphatic carbocycles. The molecule has 2 fully saturated rings. The van der Waals surface area contributed by atoms with Crippen LogP contribution in [0.1, 0.15) is 61.4 Å². The number of amidine groups is 1. The van der Waals surface area contributed by atoms with Gasteiger partial charge in [0.25, 0.3) is 0 Å². The second kappa shape index (κ2) is 17.6. The van der Waals surface area contributed by atoms with Gasteiger partial charge >= 0.3 is 6.03 Å². The molecule has 0 saturated carbocycles. The van der Waals surface area contributed by atoms with Gasteiger partial charge in [0.15, 0.2) is 0 Å². The zero-order valence-electron chi connectivity index (χ0n) is 30.4. The zero-order chi connectivity index (χ0) is 37.7. The lowest BCUT2D eigenvalue weighted by atomic mass is 9.93. The average Bonchev–Trinajstić information content (AvgIpc) is 3.56. The van der Waals surface area contributed by atoms with E-state index in [1.165, 1.54) is 11.4 Å². The minimum absolute atomic E-state index is 0.00457. The quantitative estimate of drug-likeness (QED) is 0.189. The van der Waals surface area contributed by atoms with E-state index in [9.17, 15) is 13.0 Å². The number of methoxy groups -OCH3 is 1. The molecule has 3 aromatic rings. The molecule has 3 atom stereocenters. The van der Waals surface area contributed by atoms with Gasteiger partial charge in [-0.25, -0.2) is 13.2 Å². The lowest BCUT2D eigenvalue weighted by Crippen LogP contribution is -2.54. The Hall–Kier alpha value is -3.04. The van der Waals surface area contributed by atoms with Crippen LogP contribution < -0.4 is 9.47 Å². The summed E-state index contributed by atoms with van der Waals surface area (Å²) in [6, 6.07) is 16.5. The normalized spacial score (nSPS) is 20.7. The molecule has 2 saturated heterocycles. The maximum absolute atomic E-state index is 15.1.